The van der Waals surface area contributed by atoms with Crippen molar-refractivity contribution in [3.05, 3.63) is 28.8 Å². The van der Waals surface area contributed by atoms with Crippen LogP contribution in [0, 0.1) is 0 Å². The van der Waals surface area contributed by atoms with Gasteiger partial charge in [-0.3, -0.25) is 4.79 Å². The van der Waals surface area contributed by atoms with Crippen molar-refractivity contribution in [3.63, 3.8) is 0 Å². The van der Waals surface area contributed by atoms with E-state index in [4.69, 9.17) is 29.6 Å². The number of amides is 1. The molecule has 1 aromatic rings. The molecule has 0 saturated heterocycles. The second kappa shape index (κ2) is 6.57. The van der Waals surface area contributed by atoms with Gasteiger partial charge in [0.15, 0.2) is 0 Å². The Labute approximate surface area is 111 Å². The van der Waals surface area contributed by atoms with Gasteiger partial charge in [-0.15, -0.1) is 0 Å². The topological polar surface area (TPSA) is 55.1 Å². The lowest BCUT2D eigenvalue weighted by molar-refractivity contribution is -0.116. The van der Waals surface area contributed by atoms with Crippen LogP contribution in [0.3, 0.4) is 0 Å². The normalized spacial score (nSPS) is 10.0. The molecule has 92 valence electrons. The first-order valence-corrected chi connectivity index (χ1v) is 6.22. The van der Waals surface area contributed by atoms with Crippen LogP contribution in [0.5, 0.6) is 0 Å². The largest absolute Gasteiger partial charge is 0.389 e. The van der Waals surface area contributed by atoms with Crippen molar-refractivity contribution in [1.29, 1.82) is 0 Å². The molecule has 1 aromatic carbocycles. The van der Waals surface area contributed by atoms with E-state index in [0.29, 0.717) is 22.7 Å². The molecule has 1 rings (SSSR count). The van der Waals surface area contributed by atoms with Crippen molar-refractivity contribution in [2.45, 2.75) is 26.2 Å². The number of halogens is 1. The molecule has 0 aliphatic rings. The average Bonchev–Trinajstić information content (AvgIpc) is 2.26. The van der Waals surface area contributed by atoms with Gasteiger partial charge in [0.25, 0.3) is 0 Å². The third-order valence-corrected chi connectivity index (χ3v) is 2.73. The van der Waals surface area contributed by atoms with Gasteiger partial charge in [0.05, 0.1) is 5.69 Å². The quantitative estimate of drug-likeness (QED) is 0.809. The summed E-state index contributed by atoms with van der Waals surface area (Å²) in [5.41, 5.74) is 6.79. The standard InChI is InChI=1S/C12H15ClN2OS/c1-2-3-4-11(16)15-10-7-8(13)5-6-9(10)12(14)17/h5-7H,2-4H2,1H3,(H2,14,17)(H,15,16). The summed E-state index contributed by atoms with van der Waals surface area (Å²) in [4.78, 5) is 11.9. The summed E-state index contributed by atoms with van der Waals surface area (Å²) in [6, 6.07) is 5.05. The molecular weight excluding hydrogens is 256 g/mol. The van der Waals surface area contributed by atoms with Gasteiger partial charge in [-0.25, -0.2) is 0 Å². The second-order valence-electron chi connectivity index (χ2n) is 3.71. The van der Waals surface area contributed by atoms with Gasteiger partial charge >= 0.3 is 0 Å². The van der Waals surface area contributed by atoms with Crippen LogP contribution in [0.4, 0.5) is 5.69 Å². The third-order valence-electron chi connectivity index (χ3n) is 2.28. The molecule has 0 aliphatic heterocycles. The first-order chi connectivity index (χ1) is 8.04. The Balaban J connectivity index is 2.85. The van der Waals surface area contributed by atoms with Crippen LogP contribution in [0.1, 0.15) is 31.7 Å². The molecule has 0 saturated carbocycles. The Morgan fingerprint density at radius 3 is 2.82 bits per heavy atom. The minimum atomic E-state index is -0.0494. The van der Waals surface area contributed by atoms with E-state index in [9.17, 15) is 4.79 Å². The predicted molar refractivity (Wildman–Crippen MR) is 75.5 cm³/mol. The van der Waals surface area contributed by atoms with E-state index in [1.807, 2.05) is 6.92 Å². The van der Waals surface area contributed by atoms with Crippen molar-refractivity contribution in [2.24, 2.45) is 5.73 Å². The Morgan fingerprint density at radius 1 is 1.53 bits per heavy atom. The summed E-state index contributed by atoms with van der Waals surface area (Å²) < 4.78 is 0. The summed E-state index contributed by atoms with van der Waals surface area (Å²) in [5.74, 6) is -0.0494. The molecule has 1 amide bonds. The Bertz CT molecular complexity index is 435. The monoisotopic (exact) mass is 270 g/mol. The number of anilines is 1. The highest BCUT2D eigenvalue weighted by molar-refractivity contribution is 7.80. The lowest BCUT2D eigenvalue weighted by Crippen LogP contribution is -2.17. The SMILES string of the molecule is CCCCC(=O)Nc1cc(Cl)ccc1C(N)=S. The van der Waals surface area contributed by atoms with Crippen LogP contribution in [0.25, 0.3) is 0 Å². The second-order valence-corrected chi connectivity index (χ2v) is 4.58. The summed E-state index contributed by atoms with van der Waals surface area (Å²) in [6.45, 7) is 2.03. The number of nitrogens with one attached hydrogen (secondary N) is 1. The molecule has 0 fully saturated rings. The van der Waals surface area contributed by atoms with Gasteiger partial charge in [-0.05, 0) is 24.6 Å². The summed E-state index contributed by atoms with van der Waals surface area (Å²) in [7, 11) is 0. The smallest absolute Gasteiger partial charge is 0.224 e. The fraction of sp³-hybridized carbons (Fsp3) is 0.333. The molecule has 17 heavy (non-hydrogen) atoms. The van der Waals surface area contributed by atoms with Crippen molar-refractivity contribution < 1.29 is 4.79 Å². The molecule has 0 radical (unpaired) electrons. The van der Waals surface area contributed by atoms with E-state index in [1.165, 1.54) is 0 Å². The lowest BCUT2D eigenvalue weighted by Gasteiger charge is -2.10. The molecule has 5 heteroatoms. The molecule has 3 N–H and O–H groups in total. The van der Waals surface area contributed by atoms with Crippen molar-refractivity contribution in [2.75, 3.05) is 5.32 Å². The lowest BCUT2D eigenvalue weighted by atomic mass is 10.1. The van der Waals surface area contributed by atoms with Crippen LogP contribution in [0.15, 0.2) is 18.2 Å². The zero-order chi connectivity index (χ0) is 12.8. The number of carbonyl (C=O) groups is 1. The van der Waals surface area contributed by atoms with E-state index in [0.717, 1.165) is 12.8 Å². The minimum absolute atomic E-state index is 0.0494. The van der Waals surface area contributed by atoms with E-state index in [-0.39, 0.29) is 10.9 Å². The zero-order valence-corrected chi connectivity index (χ0v) is 11.2. The number of rotatable bonds is 5. The van der Waals surface area contributed by atoms with Gasteiger partial charge in [-0.2, -0.15) is 0 Å². The fourth-order valence-electron chi connectivity index (χ4n) is 1.38. The summed E-state index contributed by atoms with van der Waals surface area (Å²) in [6.07, 6.45) is 2.32. The number of nitrogens with two attached hydrogens (primary N) is 1. The highest BCUT2D eigenvalue weighted by atomic mass is 35.5. The number of hydrogen-bond donors (Lipinski definition) is 2. The highest BCUT2D eigenvalue weighted by Gasteiger charge is 2.09. The Kier molecular flexibility index (Phi) is 5.38. The third kappa shape index (κ3) is 4.32. The molecule has 3 nitrogen and oxygen atoms in total. The van der Waals surface area contributed by atoms with Gasteiger partial charge < -0.3 is 11.1 Å². The maximum Gasteiger partial charge on any atom is 0.224 e. The van der Waals surface area contributed by atoms with E-state index >= 15 is 0 Å². The first-order valence-electron chi connectivity index (χ1n) is 5.43. The maximum atomic E-state index is 11.6. The zero-order valence-electron chi connectivity index (χ0n) is 9.63. The molecule has 0 atom stereocenters. The molecule has 0 bridgehead atoms. The van der Waals surface area contributed by atoms with E-state index in [2.05, 4.69) is 5.32 Å². The molecule has 0 aromatic heterocycles. The molecule has 0 heterocycles. The molecule has 0 unspecified atom stereocenters. The fourth-order valence-corrected chi connectivity index (χ4v) is 1.73. The number of hydrogen-bond acceptors (Lipinski definition) is 2. The van der Waals surface area contributed by atoms with Crippen LogP contribution >= 0.6 is 23.8 Å². The Hall–Kier alpha value is -1.13. The maximum absolute atomic E-state index is 11.6. The number of carbonyl (C=O) groups excluding carboxylic acids is 1. The Morgan fingerprint density at radius 2 is 2.24 bits per heavy atom. The van der Waals surface area contributed by atoms with Crippen molar-refractivity contribution >= 4 is 40.4 Å². The van der Waals surface area contributed by atoms with Crippen LogP contribution in [-0.4, -0.2) is 10.9 Å². The minimum Gasteiger partial charge on any atom is -0.389 e. The van der Waals surface area contributed by atoms with Gasteiger partial charge in [-0.1, -0.05) is 37.2 Å². The highest BCUT2D eigenvalue weighted by Crippen LogP contribution is 2.21. The molecule has 0 spiro atoms. The molecular formula is C12H15ClN2OS. The van der Waals surface area contributed by atoms with Crippen LogP contribution in [-0.2, 0) is 4.79 Å². The van der Waals surface area contributed by atoms with Crippen molar-refractivity contribution in [3.8, 4) is 0 Å². The van der Waals surface area contributed by atoms with Gasteiger partial charge in [0, 0.05) is 17.0 Å². The van der Waals surface area contributed by atoms with Crippen LogP contribution < -0.4 is 11.1 Å². The van der Waals surface area contributed by atoms with Gasteiger partial charge in [0.1, 0.15) is 4.99 Å². The van der Waals surface area contributed by atoms with Gasteiger partial charge in [0.2, 0.25) is 5.91 Å². The predicted octanol–water partition coefficient (Wildman–Crippen LogP) is 3.10. The first kappa shape index (κ1) is 13.9. The number of thiocarbonyl (C=S) groups is 1. The average molecular weight is 271 g/mol. The summed E-state index contributed by atoms with van der Waals surface area (Å²) >= 11 is 10.8. The van der Waals surface area contributed by atoms with Crippen molar-refractivity contribution in [1.82, 2.24) is 0 Å². The van der Waals surface area contributed by atoms with E-state index < -0.39 is 0 Å². The summed E-state index contributed by atoms with van der Waals surface area (Å²) in [5, 5.41) is 3.31. The van der Waals surface area contributed by atoms with E-state index in [1.54, 1.807) is 18.2 Å². The molecule has 0 aliphatic carbocycles. The number of benzene rings is 1. The number of unbranched alkanes of at least 4 members (excludes halogenated alkanes) is 1. The van der Waals surface area contributed by atoms with Crippen LogP contribution in [0.2, 0.25) is 5.02 Å².